The molecule has 2 rings (SSSR count). The topological polar surface area (TPSA) is 55.1 Å². The standard InChI is InChI=1S/C17H20N2O/c1-12(2)14-6-4-8-16(10-14)19-11-13-5-3-7-15(9-13)17(18)20/h3-10,12,19H,11H2,1-2H3,(H2,18,20). The minimum atomic E-state index is -0.395. The van der Waals surface area contributed by atoms with E-state index in [0.717, 1.165) is 11.3 Å². The maximum absolute atomic E-state index is 11.1. The third-order valence-corrected chi connectivity index (χ3v) is 3.26. The number of amides is 1. The van der Waals surface area contributed by atoms with Gasteiger partial charge in [0, 0.05) is 17.8 Å². The van der Waals surface area contributed by atoms with Crippen LogP contribution >= 0.6 is 0 Å². The van der Waals surface area contributed by atoms with Crippen molar-refractivity contribution in [3.8, 4) is 0 Å². The van der Waals surface area contributed by atoms with Crippen molar-refractivity contribution in [2.45, 2.75) is 26.3 Å². The van der Waals surface area contributed by atoms with Crippen molar-refractivity contribution in [3.63, 3.8) is 0 Å². The number of rotatable bonds is 5. The summed E-state index contributed by atoms with van der Waals surface area (Å²) in [6, 6.07) is 15.8. The Hall–Kier alpha value is -2.29. The van der Waals surface area contributed by atoms with Crippen LogP contribution in [0.1, 0.15) is 41.3 Å². The summed E-state index contributed by atoms with van der Waals surface area (Å²) in [5, 5.41) is 3.37. The molecule has 0 saturated heterocycles. The molecule has 0 radical (unpaired) electrons. The van der Waals surface area contributed by atoms with Crippen LogP contribution in [0.15, 0.2) is 48.5 Å². The zero-order valence-corrected chi connectivity index (χ0v) is 11.9. The summed E-state index contributed by atoms with van der Waals surface area (Å²) in [6.45, 7) is 5.02. The smallest absolute Gasteiger partial charge is 0.248 e. The van der Waals surface area contributed by atoms with E-state index in [1.165, 1.54) is 5.56 Å². The molecule has 3 nitrogen and oxygen atoms in total. The monoisotopic (exact) mass is 268 g/mol. The third-order valence-electron chi connectivity index (χ3n) is 3.26. The molecule has 0 bridgehead atoms. The molecule has 1 amide bonds. The van der Waals surface area contributed by atoms with E-state index in [2.05, 4.69) is 37.4 Å². The van der Waals surface area contributed by atoms with Crippen LogP contribution in [0.5, 0.6) is 0 Å². The zero-order valence-electron chi connectivity index (χ0n) is 11.9. The van der Waals surface area contributed by atoms with Gasteiger partial charge in [-0.15, -0.1) is 0 Å². The maximum Gasteiger partial charge on any atom is 0.248 e. The van der Waals surface area contributed by atoms with Gasteiger partial charge < -0.3 is 11.1 Å². The summed E-state index contributed by atoms with van der Waals surface area (Å²) < 4.78 is 0. The maximum atomic E-state index is 11.1. The Morgan fingerprint density at radius 2 is 1.90 bits per heavy atom. The van der Waals surface area contributed by atoms with E-state index in [4.69, 9.17) is 5.73 Å². The molecule has 0 atom stereocenters. The summed E-state index contributed by atoms with van der Waals surface area (Å²) >= 11 is 0. The van der Waals surface area contributed by atoms with Gasteiger partial charge in [0.25, 0.3) is 0 Å². The molecule has 0 heterocycles. The van der Waals surface area contributed by atoms with E-state index in [1.54, 1.807) is 6.07 Å². The highest BCUT2D eigenvalue weighted by Gasteiger charge is 2.02. The van der Waals surface area contributed by atoms with Crippen molar-refractivity contribution in [1.82, 2.24) is 0 Å². The van der Waals surface area contributed by atoms with Crippen LogP contribution in [0.2, 0.25) is 0 Å². The lowest BCUT2D eigenvalue weighted by Gasteiger charge is -2.11. The summed E-state index contributed by atoms with van der Waals surface area (Å²) in [5.74, 6) is 0.114. The molecule has 2 aromatic carbocycles. The fourth-order valence-corrected chi connectivity index (χ4v) is 2.05. The predicted octanol–water partition coefficient (Wildman–Crippen LogP) is 3.52. The molecule has 0 spiro atoms. The average molecular weight is 268 g/mol. The van der Waals surface area contributed by atoms with E-state index in [1.807, 2.05) is 24.3 Å². The van der Waals surface area contributed by atoms with Crippen LogP contribution in [0, 0.1) is 0 Å². The molecule has 0 aliphatic rings. The van der Waals surface area contributed by atoms with Crippen molar-refractivity contribution in [2.75, 3.05) is 5.32 Å². The van der Waals surface area contributed by atoms with E-state index in [9.17, 15) is 4.79 Å². The molecule has 3 N–H and O–H groups in total. The van der Waals surface area contributed by atoms with Crippen LogP contribution in [0.4, 0.5) is 5.69 Å². The molecule has 2 aromatic rings. The van der Waals surface area contributed by atoms with E-state index in [0.29, 0.717) is 18.0 Å². The number of nitrogens with one attached hydrogen (secondary N) is 1. The first-order chi connectivity index (χ1) is 9.56. The second-order valence-electron chi connectivity index (χ2n) is 5.20. The lowest BCUT2D eigenvalue weighted by atomic mass is 10.0. The first-order valence-corrected chi connectivity index (χ1v) is 6.79. The Labute approximate surface area is 119 Å². The first kappa shape index (κ1) is 14.1. The quantitative estimate of drug-likeness (QED) is 0.871. The van der Waals surface area contributed by atoms with Gasteiger partial charge >= 0.3 is 0 Å². The second-order valence-corrected chi connectivity index (χ2v) is 5.20. The fraction of sp³-hybridized carbons (Fsp3) is 0.235. The van der Waals surface area contributed by atoms with Crippen LogP contribution < -0.4 is 11.1 Å². The van der Waals surface area contributed by atoms with Gasteiger partial charge in [0.1, 0.15) is 0 Å². The van der Waals surface area contributed by atoms with Crippen LogP contribution in [-0.4, -0.2) is 5.91 Å². The van der Waals surface area contributed by atoms with Gasteiger partial charge in [-0.2, -0.15) is 0 Å². The minimum absolute atomic E-state index is 0.395. The normalized spacial score (nSPS) is 10.6. The Kier molecular flexibility index (Phi) is 4.41. The van der Waals surface area contributed by atoms with Crippen LogP contribution in [0.3, 0.4) is 0 Å². The van der Waals surface area contributed by atoms with Crippen molar-refractivity contribution in [2.24, 2.45) is 5.73 Å². The molecule has 104 valence electrons. The highest BCUT2D eigenvalue weighted by Crippen LogP contribution is 2.19. The highest BCUT2D eigenvalue weighted by molar-refractivity contribution is 5.92. The highest BCUT2D eigenvalue weighted by atomic mass is 16.1. The molecule has 20 heavy (non-hydrogen) atoms. The molecule has 0 aliphatic heterocycles. The number of carbonyl (C=O) groups is 1. The molecule has 0 fully saturated rings. The Morgan fingerprint density at radius 1 is 1.15 bits per heavy atom. The van der Waals surface area contributed by atoms with Gasteiger partial charge in [-0.25, -0.2) is 0 Å². The van der Waals surface area contributed by atoms with Gasteiger partial charge in [-0.3, -0.25) is 4.79 Å². The van der Waals surface area contributed by atoms with Crippen molar-refractivity contribution in [3.05, 3.63) is 65.2 Å². The molecular formula is C17H20N2O. The van der Waals surface area contributed by atoms with Crippen LogP contribution in [-0.2, 0) is 6.54 Å². The number of carbonyl (C=O) groups excluding carboxylic acids is 1. The number of nitrogens with two attached hydrogens (primary N) is 1. The van der Waals surface area contributed by atoms with E-state index < -0.39 is 5.91 Å². The molecule has 0 saturated carbocycles. The van der Waals surface area contributed by atoms with Gasteiger partial charge in [-0.05, 0) is 41.3 Å². The number of hydrogen-bond acceptors (Lipinski definition) is 2. The summed E-state index contributed by atoms with van der Waals surface area (Å²) in [7, 11) is 0. The molecule has 0 aliphatic carbocycles. The number of benzene rings is 2. The number of anilines is 1. The first-order valence-electron chi connectivity index (χ1n) is 6.79. The Balaban J connectivity index is 2.07. The van der Waals surface area contributed by atoms with Gasteiger partial charge in [-0.1, -0.05) is 38.1 Å². The zero-order chi connectivity index (χ0) is 14.5. The lowest BCUT2D eigenvalue weighted by Crippen LogP contribution is -2.11. The summed E-state index contributed by atoms with van der Waals surface area (Å²) in [4.78, 5) is 11.1. The van der Waals surface area contributed by atoms with Gasteiger partial charge in [0.05, 0.1) is 0 Å². The summed E-state index contributed by atoms with van der Waals surface area (Å²) in [5.41, 5.74) is 9.25. The Morgan fingerprint density at radius 3 is 2.60 bits per heavy atom. The van der Waals surface area contributed by atoms with Crippen molar-refractivity contribution >= 4 is 11.6 Å². The predicted molar refractivity (Wildman–Crippen MR) is 82.8 cm³/mol. The third kappa shape index (κ3) is 3.60. The largest absolute Gasteiger partial charge is 0.381 e. The van der Waals surface area contributed by atoms with E-state index >= 15 is 0 Å². The Bertz CT molecular complexity index is 605. The van der Waals surface area contributed by atoms with Gasteiger partial charge in [0.15, 0.2) is 0 Å². The van der Waals surface area contributed by atoms with Crippen molar-refractivity contribution < 1.29 is 4.79 Å². The molecular weight excluding hydrogens is 248 g/mol. The molecule has 0 unspecified atom stereocenters. The second kappa shape index (κ2) is 6.24. The fourth-order valence-electron chi connectivity index (χ4n) is 2.05. The average Bonchev–Trinajstić information content (AvgIpc) is 2.45. The summed E-state index contributed by atoms with van der Waals surface area (Å²) in [6.07, 6.45) is 0. The molecule has 0 aromatic heterocycles. The van der Waals surface area contributed by atoms with Crippen LogP contribution in [0.25, 0.3) is 0 Å². The lowest BCUT2D eigenvalue weighted by molar-refractivity contribution is 0.1000. The number of hydrogen-bond donors (Lipinski definition) is 2. The SMILES string of the molecule is CC(C)c1cccc(NCc2cccc(C(N)=O)c2)c1. The molecule has 3 heteroatoms. The van der Waals surface area contributed by atoms with E-state index in [-0.39, 0.29) is 0 Å². The van der Waals surface area contributed by atoms with Crippen molar-refractivity contribution in [1.29, 1.82) is 0 Å². The number of primary amides is 1. The minimum Gasteiger partial charge on any atom is -0.381 e. The van der Waals surface area contributed by atoms with Gasteiger partial charge in [0.2, 0.25) is 5.91 Å².